The van der Waals surface area contributed by atoms with Crippen LogP contribution in [0.2, 0.25) is 0 Å². The van der Waals surface area contributed by atoms with Gasteiger partial charge in [0.15, 0.2) is 5.17 Å². The molecule has 0 amide bonds. The molecule has 3 rings (SSSR count). The van der Waals surface area contributed by atoms with E-state index >= 15 is 0 Å². The summed E-state index contributed by atoms with van der Waals surface area (Å²) >= 11 is 1.77. The van der Waals surface area contributed by atoms with Gasteiger partial charge in [-0.3, -0.25) is 9.98 Å². The van der Waals surface area contributed by atoms with E-state index < -0.39 is 0 Å². The lowest BCUT2D eigenvalue weighted by Gasteiger charge is -2.36. The number of benzene rings is 1. The first-order chi connectivity index (χ1) is 10.3. The molecule has 0 aromatic heterocycles. The van der Waals surface area contributed by atoms with Crippen LogP contribution in [-0.4, -0.2) is 48.6 Å². The van der Waals surface area contributed by atoms with Crippen molar-refractivity contribution in [3.8, 4) is 0 Å². The van der Waals surface area contributed by atoms with E-state index in [1.165, 1.54) is 16.1 Å². The molecule has 0 saturated heterocycles. The van der Waals surface area contributed by atoms with Gasteiger partial charge in [-0.15, -0.1) is 0 Å². The Morgan fingerprint density at radius 3 is 2.73 bits per heavy atom. The Balaban J connectivity index is 2.10. The maximum absolute atomic E-state index is 4.92. The molecule has 0 bridgehead atoms. The molecule has 0 atom stereocenters. The van der Waals surface area contributed by atoms with E-state index in [1.54, 1.807) is 11.8 Å². The molecule has 2 aliphatic rings. The third kappa shape index (κ3) is 3.00. The summed E-state index contributed by atoms with van der Waals surface area (Å²) in [5.74, 6) is 1.09. The summed E-state index contributed by atoms with van der Waals surface area (Å²) in [6.45, 7) is 8.35. The highest BCUT2D eigenvalue weighted by molar-refractivity contribution is 8.14. The van der Waals surface area contributed by atoms with E-state index in [2.05, 4.69) is 62.9 Å². The summed E-state index contributed by atoms with van der Waals surface area (Å²) in [5, 5.41) is 1.08. The zero-order chi connectivity index (χ0) is 15.9. The largest absolute Gasteiger partial charge is 0.378 e. The van der Waals surface area contributed by atoms with Crippen LogP contribution in [0.3, 0.4) is 0 Å². The molecule has 2 aliphatic heterocycles. The Morgan fingerprint density at radius 1 is 1.27 bits per heavy atom. The third-order valence-corrected chi connectivity index (χ3v) is 4.71. The Hall–Kier alpha value is -1.49. The SMILES string of the molecule is CN(C)c1ccc2c(c1)C1=NCCCN1C(=NC(C)(C)C)S2. The van der Waals surface area contributed by atoms with Gasteiger partial charge in [0.05, 0.1) is 5.54 Å². The first kappa shape index (κ1) is 15.4. The molecule has 0 saturated carbocycles. The fraction of sp³-hybridized carbons (Fsp3) is 0.529. The maximum atomic E-state index is 4.92. The van der Waals surface area contributed by atoms with Gasteiger partial charge >= 0.3 is 0 Å². The van der Waals surface area contributed by atoms with E-state index in [0.717, 1.165) is 30.5 Å². The monoisotopic (exact) mass is 316 g/mol. The van der Waals surface area contributed by atoms with Crippen molar-refractivity contribution in [3.63, 3.8) is 0 Å². The second kappa shape index (κ2) is 5.61. The minimum Gasteiger partial charge on any atom is -0.378 e. The quantitative estimate of drug-likeness (QED) is 0.795. The van der Waals surface area contributed by atoms with E-state index in [1.807, 2.05) is 0 Å². The number of hydrogen-bond acceptors (Lipinski definition) is 4. The molecule has 1 aromatic carbocycles. The van der Waals surface area contributed by atoms with Gasteiger partial charge in [0.1, 0.15) is 5.84 Å². The Labute approximate surface area is 137 Å². The number of thioether (sulfide) groups is 1. The Bertz CT molecular complexity index is 641. The average molecular weight is 316 g/mol. The van der Waals surface area contributed by atoms with Gasteiger partial charge in [-0.25, -0.2) is 0 Å². The summed E-state index contributed by atoms with van der Waals surface area (Å²) in [5.41, 5.74) is 2.37. The van der Waals surface area contributed by atoms with E-state index in [4.69, 9.17) is 9.98 Å². The molecule has 0 radical (unpaired) electrons. The summed E-state index contributed by atoms with van der Waals surface area (Å²) in [6, 6.07) is 6.61. The molecule has 0 spiro atoms. The van der Waals surface area contributed by atoms with Crippen LogP contribution in [-0.2, 0) is 0 Å². The standard InChI is InChI=1S/C17H24N4S/c1-17(2,3)19-16-21-10-6-9-18-15(21)13-11-12(20(4)5)7-8-14(13)22-16/h7-8,11H,6,9-10H2,1-5H3. The van der Waals surface area contributed by atoms with E-state index in [-0.39, 0.29) is 5.54 Å². The highest BCUT2D eigenvalue weighted by Gasteiger charge is 2.31. The number of aliphatic imine (C=N–C) groups is 2. The van der Waals surface area contributed by atoms with Gasteiger partial charge in [-0.2, -0.15) is 0 Å². The van der Waals surface area contributed by atoms with E-state index in [0.29, 0.717) is 0 Å². The number of hydrogen-bond donors (Lipinski definition) is 0. The number of anilines is 1. The lowest BCUT2D eigenvalue weighted by Crippen LogP contribution is -2.43. The number of nitrogens with zero attached hydrogens (tertiary/aromatic N) is 4. The zero-order valence-corrected chi connectivity index (χ0v) is 14.9. The molecule has 0 N–H and O–H groups in total. The number of fused-ring (bicyclic) bond motifs is 3. The molecule has 0 unspecified atom stereocenters. The van der Waals surface area contributed by atoms with Crippen LogP contribution in [0.15, 0.2) is 33.1 Å². The lowest BCUT2D eigenvalue weighted by molar-refractivity contribution is 0.527. The minimum absolute atomic E-state index is 0.0774. The van der Waals surface area contributed by atoms with Crippen LogP contribution in [0.5, 0.6) is 0 Å². The number of amidine groups is 2. The second-order valence-corrected chi connectivity index (χ2v) is 7.96. The van der Waals surface area contributed by atoms with Gasteiger partial charge in [0, 0.05) is 43.3 Å². The molecule has 0 fully saturated rings. The highest BCUT2D eigenvalue weighted by atomic mass is 32.2. The lowest BCUT2D eigenvalue weighted by atomic mass is 10.1. The van der Waals surface area contributed by atoms with Crippen LogP contribution < -0.4 is 4.90 Å². The summed E-state index contributed by atoms with van der Waals surface area (Å²) in [4.78, 5) is 15.4. The molecule has 5 heteroatoms. The first-order valence-electron chi connectivity index (χ1n) is 7.76. The molecule has 118 valence electrons. The van der Waals surface area contributed by atoms with Gasteiger partial charge in [-0.1, -0.05) is 11.8 Å². The Kier molecular flexibility index (Phi) is 3.93. The normalized spacial score (nSPS) is 19.6. The van der Waals surface area contributed by atoms with Crippen LogP contribution in [0.1, 0.15) is 32.8 Å². The van der Waals surface area contributed by atoms with Crippen LogP contribution in [0.4, 0.5) is 5.69 Å². The van der Waals surface area contributed by atoms with Crippen molar-refractivity contribution < 1.29 is 0 Å². The maximum Gasteiger partial charge on any atom is 0.170 e. The zero-order valence-electron chi connectivity index (χ0n) is 14.1. The van der Waals surface area contributed by atoms with Crippen molar-refractivity contribution in [1.29, 1.82) is 0 Å². The van der Waals surface area contributed by atoms with Gasteiger partial charge in [0.25, 0.3) is 0 Å². The van der Waals surface area contributed by atoms with Gasteiger partial charge < -0.3 is 9.80 Å². The van der Waals surface area contributed by atoms with Crippen LogP contribution in [0, 0.1) is 0 Å². The van der Waals surface area contributed by atoms with Crippen molar-refractivity contribution >= 4 is 28.5 Å². The number of rotatable bonds is 1. The third-order valence-electron chi connectivity index (χ3n) is 3.64. The topological polar surface area (TPSA) is 31.2 Å². The first-order valence-corrected chi connectivity index (χ1v) is 8.58. The van der Waals surface area contributed by atoms with Gasteiger partial charge in [-0.05, 0) is 45.4 Å². The van der Waals surface area contributed by atoms with Crippen molar-refractivity contribution in [1.82, 2.24) is 4.90 Å². The Morgan fingerprint density at radius 2 is 2.05 bits per heavy atom. The molecular formula is C17H24N4S. The molecular weight excluding hydrogens is 292 g/mol. The predicted octanol–water partition coefficient (Wildman–Crippen LogP) is 3.47. The predicted molar refractivity (Wildman–Crippen MR) is 96.5 cm³/mol. The smallest absolute Gasteiger partial charge is 0.170 e. The van der Waals surface area contributed by atoms with Crippen molar-refractivity contribution in [3.05, 3.63) is 23.8 Å². The molecule has 22 heavy (non-hydrogen) atoms. The van der Waals surface area contributed by atoms with E-state index in [9.17, 15) is 0 Å². The minimum atomic E-state index is -0.0774. The van der Waals surface area contributed by atoms with Crippen molar-refractivity contribution in [2.75, 3.05) is 32.1 Å². The van der Waals surface area contributed by atoms with Gasteiger partial charge in [0.2, 0.25) is 0 Å². The molecule has 0 aliphatic carbocycles. The summed E-state index contributed by atoms with van der Waals surface area (Å²) in [7, 11) is 4.15. The summed E-state index contributed by atoms with van der Waals surface area (Å²) in [6.07, 6.45) is 1.09. The summed E-state index contributed by atoms with van der Waals surface area (Å²) < 4.78 is 0. The van der Waals surface area contributed by atoms with Crippen LogP contribution >= 0.6 is 11.8 Å². The molecule has 2 heterocycles. The fourth-order valence-corrected chi connectivity index (χ4v) is 3.81. The van der Waals surface area contributed by atoms with Crippen molar-refractivity contribution in [2.24, 2.45) is 9.98 Å². The second-order valence-electron chi connectivity index (χ2n) is 6.95. The molecule has 1 aromatic rings. The highest BCUT2D eigenvalue weighted by Crippen LogP contribution is 2.36. The van der Waals surface area contributed by atoms with Crippen LogP contribution in [0.25, 0.3) is 0 Å². The fourth-order valence-electron chi connectivity index (χ4n) is 2.61. The average Bonchev–Trinajstić information content (AvgIpc) is 2.45. The molecule has 4 nitrogen and oxygen atoms in total. The van der Waals surface area contributed by atoms with Crippen molar-refractivity contribution in [2.45, 2.75) is 37.6 Å².